The average molecular weight is 318 g/mol. The van der Waals surface area contributed by atoms with Crippen molar-refractivity contribution in [1.82, 2.24) is 5.32 Å². The quantitative estimate of drug-likeness (QED) is 0.893. The molecule has 1 unspecified atom stereocenters. The highest BCUT2D eigenvalue weighted by molar-refractivity contribution is 9.10. The van der Waals surface area contributed by atoms with Gasteiger partial charge < -0.3 is 5.32 Å². The molecule has 0 radical (unpaired) electrons. The number of fused-ring (bicyclic) bond motifs is 1. The predicted molar refractivity (Wildman–Crippen MR) is 75.9 cm³/mol. The largest absolute Gasteiger partial charge is 0.310 e. The summed E-state index contributed by atoms with van der Waals surface area (Å²) in [4.78, 5) is 0. The highest BCUT2D eigenvalue weighted by Gasteiger charge is 2.21. The molecule has 0 aromatic heterocycles. The Balaban J connectivity index is 2.33. The topological polar surface area (TPSA) is 12.0 Å². The van der Waals surface area contributed by atoms with Crippen LogP contribution in [-0.4, -0.2) is 12.3 Å². The standard InChI is InChI=1S/C13H17BrFNS/c1-2-4-16-13-3-5-17-8-11-10(13)6-9(15)7-12(11)14/h6-7,13,16H,2-5,8H2,1H3. The van der Waals surface area contributed by atoms with Crippen LogP contribution in [0.15, 0.2) is 16.6 Å². The van der Waals surface area contributed by atoms with E-state index in [0.717, 1.165) is 40.9 Å². The van der Waals surface area contributed by atoms with Crippen molar-refractivity contribution in [1.29, 1.82) is 0 Å². The van der Waals surface area contributed by atoms with Gasteiger partial charge in [-0.2, -0.15) is 11.8 Å². The molecule has 17 heavy (non-hydrogen) atoms. The minimum atomic E-state index is -0.147. The van der Waals surface area contributed by atoms with Gasteiger partial charge in [-0.1, -0.05) is 22.9 Å². The van der Waals surface area contributed by atoms with Gasteiger partial charge in [0.05, 0.1) is 0 Å². The molecule has 0 aliphatic carbocycles. The van der Waals surface area contributed by atoms with Crippen LogP contribution in [0, 0.1) is 5.82 Å². The molecular formula is C13H17BrFNS. The Morgan fingerprint density at radius 2 is 2.35 bits per heavy atom. The van der Waals surface area contributed by atoms with E-state index in [-0.39, 0.29) is 5.82 Å². The van der Waals surface area contributed by atoms with E-state index in [1.54, 1.807) is 12.1 Å². The van der Waals surface area contributed by atoms with Crippen LogP contribution in [0.3, 0.4) is 0 Å². The van der Waals surface area contributed by atoms with E-state index in [1.807, 2.05) is 11.8 Å². The fraction of sp³-hybridized carbons (Fsp3) is 0.538. The summed E-state index contributed by atoms with van der Waals surface area (Å²) in [7, 11) is 0. The molecule has 0 bridgehead atoms. The lowest BCUT2D eigenvalue weighted by molar-refractivity contribution is 0.516. The SMILES string of the molecule is CCCNC1CCSCc2c(Br)cc(F)cc21. The third-order valence-electron chi connectivity index (χ3n) is 3.01. The van der Waals surface area contributed by atoms with E-state index in [4.69, 9.17) is 0 Å². The summed E-state index contributed by atoms with van der Waals surface area (Å²) in [5, 5.41) is 3.52. The van der Waals surface area contributed by atoms with Crippen LogP contribution in [-0.2, 0) is 5.75 Å². The van der Waals surface area contributed by atoms with Gasteiger partial charge in [0.25, 0.3) is 0 Å². The number of thioether (sulfide) groups is 1. The van der Waals surface area contributed by atoms with E-state index in [1.165, 1.54) is 5.56 Å². The number of hydrogen-bond acceptors (Lipinski definition) is 2. The summed E-state index contributed by atoms with van der Waals surface area (Å²) in [5.41, 5.74) is 2.39. The Morgan fingerprint density at radius 3 is 3.12 bits per heavy atom. The van der Waals surface area contributed by atoms with Gasteiger partial charge in [0.2, 0.25) is 0 Å². The molecule has 1 nitrogen and oxygen atoms in total. The average Bonchev–Trinajstić information content (AvgIpc) is 2.49. The lowest BCUT2D eigenvalue weighted by Crippen LogP contribution is -2.23. The second kappa shape index (κ2) is 6.21. The number of nitrogens with one attached hydrogen (secondary N) is 1. The second-order valence-corrected chi connectivity index (χ2v) is 6.26. The number of rotatable bonds is 3. The zero-order valence-electron chi connectivity index (χ0n) is 9.93. The van der Waals surface area contributed by atoms with Crippen LogP contribution < -0.4 is 5.32 Å². The first kappa shape index (κ1) is 13.4. The highest BCUT2D eigenvalue weighted by Crippen LogP contribution is 2.35. The van der Waals surface area contributed by atoms with Crippen LogP contribution >= 0.6 is 27.7 Å². The van der Waals surface area contributed by atoms with Crippen LogP contribution in [0.2, 0.25) is 0 Å². The molecule has 0 saturated carbocycles. The molecule has 1 aliphatic heterocycles. The van der Waals surface area contributed by atoms with Crippen molar-refractivity contribution < 1.29 is 4.39 Å². The van der Waals surface area contributed by atoms with Crippen molar-refractivity contribution >= 4 is 27.7 Å². The van der Waals surface area contributed by atoms with Crippen LogP contribution in [0.4, 0.5) is 4.39 Å². The molecule has 94 valence electrons. The smallest absolute Gasteiger partial charge is 0.124 e. The molecule has 4 heteroatoms. The van der Waals surface area contributed by atoms with Crippen molar-refractivity contribution in [3.8, 4) is 0 Å². The minimum absolute atomic E-state index is 0.147. The van der Waals surface area contributed by atoms with Crippen molar-refractivity contribution in [3.05, 3.63) is 33.5 Å². The lowest BCUT2D eigenvalue weighted by Gasteiger charge is -2.19. The summed E-state index contributed by atoms with van der Waals surface area (Å²) in [6.45, 7) is 3.14. The fourth-order valence-electron chi connectivity index (χ4n) is 2.15. The highest BCUT2D eigenvalue weighted by atomic mass is 79.9. The summed E-state index contributed by atoms with van der Waals surface area (Å²) in [6.07, 6.45) is 2.18. The Kier molecular flexibility index (Phi) is 4.88. The van der Waals surface area contributed by atoms with Crippen LogP contribution in [0.25, 0.3) is 0 Å². The first-order valence-electron chi connectivity index (χ1n) is 6.01. The van der Waals surface area contributed by atoms with Crippen molar-refractivity contribution in [2.24, 2.45) is 0 Å². The first-order valence-corrected chi connectivity index (χ1v) is 7.96. The van der Waals surface area contributed by atoms with Crippen molar-refractivity contribution in [2.45, 2.75) is 31.6 Å². The molecule has 0 saturated heterocycles. The first-order chi connectivity index (χ1) is 8.22. The normalized spacial score (nSPS) is 19.8. The maximum atomic E-state index is 13.5. The second-order valence-electron chi connectivity index (χ2n) is 4.30. The molecule has 1 heterocycles. The Hall–Kier alpha value is -0.0600. The third kappa shape index (κ3) is 3.24. The molecule has 1 atom stereocenters. The van der Waals surface area contributed by atoms with E-state index >= 15 is 0 Å². The number of benzene rings is 1. The summed E-state index contributed by atoms with van der Waals surface area (Å²) >= 11 is 5.41. The molecule has 0 spiro atoms. The molecule has 1 N–H and O–H groups in total. The van der Waals surface area contributed by atoms with Crippen molar-refractivity contribution in [2.75, 3.05) is 12.3 Å². The lowest BCUT2D eigenvalue weighted by atomic mass is 9.99. The molecule has 1 aromatic carbocycles. The maximum Gasteiger partial charge on any atom is 0.124 e. The zero-order chi connectivity index (χ0) is 12.3. The predicted octanol–water partition coefficient (Wildman–Crippen LogP) is 4.27. The Labute approximate surface area is 115 Å². The van der Waals surface area contributed by atoms with E-state index in [9.17, 15) is 4.39 Å². The maximum absolute atomic E-state index is 13.5. The van der Waals surface area contributed by atoms with Crippen molar-refractivity contribution in [3.63, 3.8) is 0 Å². The molecule has 0 amide bonds. The Bertz CT molecular complexity index is 397. The molecule has 2 rings (SSSR count). The van der Waals surface area contributed by atoms with Gasteiger partial charge in [-0.15, -0.1) is 0 Å². The van der Waals surface area contributed by atoms with Crippen LogP contribution in [0.5, 0.6) is 0 Å². The van der Waals surface area contributed by atoms with Gasteiger partial charge in [-0.3, -0.25) is 0 Å². The zero-order valence-corrected chi connectivity index (χ0v) is 12.3. The summed E-state index contributed by atoms with van der Waals surface area (Å²) in [5.74, 6) is 1.95. The third-order valence-corrected chi connectivity index (χ3v) is 4.73. The van der Waals surface area contributed by atoms with Gasteiger partial charge in [0.1, 0.15) is 5.82 Å². The minimum Gasteiger partial charge on any atom is -0.310 e. The van der Waals surface area contributed by atoms with Gasteiger partial charge in [0.15, 0.2) is 0 Å². The molecule has 1 aliphatic rings. The van der Waals surface area contributed by atoms with Crippen LogP contribution in [0.1, 0.15) is 36.9 Å². The van der Waals surface area contributed by atoms with E-state index in [2.05, 4.69) is 28.2 Å². The van der Waals surface area contributed by atoms with Gasteiger partial charge in [-0.25, -0.2) is 4.39 Å². The van der Waals surface area contributed by atoms with Gasteiger partial charge in [0, 0.05) is 16.3 Å². The molecule has 0 fully saturated rings. The monoisotopic (exact) mass is 317 g/mol. The number of hydrogen-bond donors (Lipinski definition) is 1. The summed E-state index contributed by atoms with van der Waals surface area (Å²) in [6, 6.07) is 3.56. The Morgan fingerprint density at radius 1 is 1.53 bits per heavy atom. The van der Waals surface area contributed by atoms with Gasteiger partial charge >= 0.3 is 0 Å². The fourth-order valence-corrected chi connectivity index (χ4v) is 3.99. The molecule has 1 aromatic rings. The van der Waals surface area contributed by atoms with E-state index < -0.39 is 0 Å². The van der Waals surface area contributed by atoms with E-state index in [0.29, 0.717) is 6.04 Å². The van der Waals surface area contributed by atoms with Gasteiger partial charge in [-0.05, 0) is 48.4 Å². The number of halogens is 2. The summed E-state index contributed by atoms with van der Waals surface area (Å²) < 4.78 is 14.4. The molecular weight excluding hydrogens is 301 g/mol.